The molecule has 0 bridgehead atoms. The molecule has 0 spiro atoms. The van der Waals surface area contributed by atoms with E-state index in [0.717, 1.165) is 29.7 Å². The van der Waals surface area contributed by atoms with Gasteiger partial charge in [0.15, 0.2) is 11.5 Å². The number of methoxy groups -OCH3 is 2. The largest absolute Gasteiger partial charge is 0.493 e. The maximum atomic E-state index is 5.34. The van der Waals surface area contributed by atoms with Crippen molar-refractivity contribution in [2.24, 2.45) is 0 Å². The van der Waals surface area contributed by atoms with Crippen LogP contribution in [-0.2, 0) is 0 Å². The Morgan fingerprint density at radius 2 is 1.90 bits per heavy atom. The lowest BCUT2D eigenvalue weighted by Crippen LogP contribution is -2.05. The smallest absolute Gasteiger partial charge is 0.162 e. The highest BCUT2D eigenvalue weighted by Crippen LogP contribution is 2.33. The number of fused-ring (bicyclic) bond motifs is 1. The minimum atomic E-state index is 0.666. The van der Waals surface area contributed by atoms with Gasteiger partial charge in [-0.1, -0.05) is 11.6 Å². The van der Waals surface area contributed by atoms with Crippen LogP contribution in [0.3, 0.4) is 0 Å². The number of hydrogen-bond donors (Lipinski definition) is 1. The van der Waals surface area contributed by atoms with Crippen molar-refractivity contribution < 1.29 is 9.47 Å². The summed E-state index contributed by atoms with van der Waals surface area (Å²) in [6.45, 7) is 5.00. The van der Waals surface area contributed by atoms with Crippen molar-refractivity contribution in [1.29, 1.82) is 0 Å². The fourth-order valence-electron chi connectivity index (χ4n) is 2.05. The molecule has 112 valence electrons. The number of rotatable bonds is 6. The highest BCUT2D eigenvalue weighted by atomic mass is 16.5. The number of anilines is 1. The SMILES string of the molecule is CC=C(C)CCNc1ncnc2cc(OC)c(OC)cc12. The fraction of sp³-hybridized carbons (Fsp3) is 0.375. The molecular formula is C16H21N3O2. The summed E-state index contributed by atoms with van der Waals surface area (Å²) in [4.78, 5) is 8.61. The van der Waals surface area contributed by atoms with Crippen molar-refractivity contribution in [3.8, 4) is 11.5 Å². The molecule has 0 aliphatic carbocycles. The van der Waals surface area contributed by atoms with Crippen LogP contribution in [0.15, 0.2) is 30.1 Å². The van der Waals surface area contributed by atoms with Gasteiger partial charge in [-0.15, -0.1) is 0 Å². The third-order valence-corrected chi connectivity index (χ3v) is 3.45. The average molecular weight is 287 g/mol. The van der Waals surface area contributed by atoms with Gasteiger partial charge in [0.05, 0.1) is 19.7 Å². The molecule has 0 radical (unpaired) electrons. The molecule has 0 unspecified atom stereocenters. The summed E-state index contributed by atoms with van der Waals surface area (Å²) >= 11 is 0. The first-order chi connectivity index (χ1) is 10.2. The van der Waals surface area contributed by atoms with E-state index in [1.54, 1.807) is 20.5 Å². The van der Waals surface area contributed by atoms with Crippen LogP contribution >= 0.6 is 0 Å². The van der Waals surface area contributed by atoms with E-state index >= 15 is 0 Å². The second-order valence-electron chi connectivity index (χ2n) is 4.76. The van der Waals surface area contributed by atoms with Gasteiger partial charge in [-0.25, -0.2) is 9.97 Å². The van der Waals surface area contributed by atoms with Crippen molar-refractivity contribution in [2.45, 2.75) is 20.3 Å². The summed E-state index contributed by atoms with van der Waals surface area (Å²) in [6, 6.07) is 3.76. The van der Waals surface area contributed by atoms with Crippen LogP contribution in [0.4, 0.5) is 5.82 Å². The molecule has 0 saturated carbocycles. The lowest BCUT2D eigenvalue weighted by molar-refractivity contribution is 0.356. The number of hydrogen-bond acceptors (Lipinski definition) is 5. The molecule has 0 atom stereocenters. The average Bonchev–Trinajstić information content (AvgIpc) is 2.53. The van der Waals surface area contributed by atoms with Gasteiger partial charge in [0.2, 0.25) is 0 Å². The molecule has 0 aliphatic rings. The van der Waals surface area contributed by atoms with E-state index in [4.69, 9.17) is 9.47 Å². The molecule has 0 aliphatic heterocycles. The standard InChI is InChI=1S/C16H21N3O2/c1-5-11(2)6-7-17-16-12-8-14(20-3)15(21-4)9-13(12)18-10-19-16/h5,8-10H,6-7H2,1-4H3,(H,17,18,19). The van der Waals surface area contributed by atoms with Crippen molar-refractivity contribution >= 4 is 16.7 Å². The van der Waals surface area contributed by atoms with E-state index in [2.05, 4.69) is 28.3 Å². The molecule has 2 aromatic rings. The Morgan fingerprint density at radius 1 is 1.19 bits per heavy atom. The van der Waals surface area contributed by atoms with Crippen LogP contribution in [0.1, 0.15) is 20.3 Å². The van der Waals surface area contributed by atoms with Gasteiger partial charge < -0.3 is 14.8 Å². The molecule has 1 aromatic heterocycles. The summed E-state index contributed by atoms with van der Waals surface area (Å²) in [7, 11) is 3.24. The Bertz CT molecular complexity index is 653. The molecule has 5 nitrogen and oxygen atoms in total. The monoisotopic (exact) mass is 287 g/mol. The van der Waals surface area contributed by atoms with Gasteiger partial charge in [-0.3, -0.25) is 0 Å². The highest BCUT2D eigenvalue weighted by Gasteiger charge is 2.10. The Labute approximate surface area is 125 Å². The topological polar surface area (TPSA) is 56.3 Å². The molecule has 0 saturated heterocycles. The van der Waals surface area contributed by atoms with Gasteiger partial charge in [0, 0.05) is 18.0 Å². The van der Waals surface area contributed by atoms with Crippen LogP contribution in [-0.4, -0.2) is 30.7 Å². The van der Waals surface area contributed by atoms with E-state index < -0.39 is 0 Å². The van der Waals surface area contributed by atoms with Gasteiger partial charge in [0.1, 0.15) is 12.1 Å². The van der Waals surface area contributed by atoms with Crippen molar-refractivity contribution in [3.63, 3.8) is 0 Å². The first kappa shape index (κ1) is 15.1. The normalized spacial score (nSPS) is 11.5. The molecular weight excluding hydrogens is 266 g/mol. The molecule has 0 amide bonds. The van der Waals surface area contributed by atoms with Crippen molar-refractivity contribution in [1.82, 2.24) is 9.97 Å². The third kappa shape index (κ3) is 3.42. The molecule has 1 aromatic carbocycles. The maximum absolute atomic E-state index is 5.34. The molecule has 1 N–H and O–H groups in total. The first-order valence-electron chi connectivity index (χ1n) is 6.92. The second kappa shape index (κ2) is 6.92. The number of allylic oxidation sites excluding steroid dienone is 1. The van der Waals surface area contributed by atoms with Crippen LogP contribution < -0.4 is 14.8 Å². The number of ether oxygens (including phenoxy) is 2. The molecule has 1 heterocycles. The zero-order valence-electron chi connectivity index (χ0n) is 12.9. The summed E-state index contributed by atoms with van der Waals surface area (Å²) in [6.07, 6.45) is 4.65. The molecule has 0 fully saturated rings. The third-order valence-electron chi connectivity index (χ3n) is 3.45. The van der Waals surface area contributed by atoms with E-state index in [1.807, 2.05) is 19.1 Å². The van der Waals surface area contributed by atoms with Gasteiger partial charge in [-0.2, -0.15) is 0 Å². The van der Waals surface area contributed by atoms with E-state index in [9.17, 15) is 0 Å². The minimum absolute atomic E-state index is 0.666. The second-order valence-corrected chi connectivity index (χ2v) is 4.76. The summed E-state index contributed by atoms with van der Waals surface area (Å²) in [5.41, 5.74) is 2.17. The van der Waals surface area contributed by atoms with E-state index in [-0.39, 0.29) is 0 Å². The number of aromatic nitrogens is 2. The van der Waals surface area contributed by atoms with Crippen LogP contribution in [0.5, 0.6) is 11.5 Å². The quantitative estimate of drug-likeness (QED) is 0.825. The first-order valence-corrected chi connectivity index (χ1v) is 6.92. The fourth-order valence-corrected chi connectivity index (χ4v) is 2.05. The maximum Gasteiger partial charge on any atom is 0.162 e. The minimum Gasteiger partial charge on any atom is -0.493 e. The zero-order chi connectivity index (χ0) is 15.2. The lowest BCUT2D eigenvalue weighted by atomic mass is 10.2. The molecule has 21 heavy (non-hydrogen) atoms. The molecule has 2 rings (SSSR count). The number of nitrogens with zero attached hydrogens (tertiary/aromatic N) is 2. The van der Waals surface area contributed by atoms with Gasteiger partial charge in [0.25, 0.3) is 0 Å². The predicted octanol–water partition coefficient (Wildman–Crippen LogP) is 3.42. The van der Waals surface area contributed by atoms with Crippen molar-refractivity contribution in [3.05, 3.63) is 30.1 Å². The predicted molar refractivity (Wildman–Crippen MR) is 85.2 cm³/mol. The van der Waals surface area contributed by atoms with Crippen LogP contribution in [0.2, 0.25) is 0 Å². The Kier molecular flexibility index (Phi) is 4.98. The Morgan fingerprint density at radius 3 is 2.57 bits per heavy atom. The van der Waals surface area contributed by atoms with Gasteiger partial charge in [-0.05, 0) is 26.3 Å². The zero-order valence-corrected chi connectivity index (χ0v) is 12.9. The number of benzene rings is 1. The van der Waals surface area contributed by atoms with Crippen LogP contribution in [0, 0.1) is 0 Å². The van der Waals surface area contributed by atoms with Gasteiger partial charge >= 0.3 is 0 Å². The Balaban J connectivity index is 2.31. The lowest BCUT2D eigenvalue weighted by Gasteiger charge is -2.12. The Hall–Kier alpha value is -2.30. The van der Waals surface area contributed by atoms with Crippen molar-refractivity contribution in [2.75, 3.05) is 26.1 Å². The summed E-state index contributed by atoms with van der Waals surface area (Å²) in [5, 5.41) is 4.28. The van der Waals surface area contributed by atoms with E-state index in [0.29, 0.717) is 11.5 Å². The summed E-state index contributed by atoms with van der Waals surface area (Å²) < 4.78 is 10.6. The molecule has 5 heteroatoms. The highest BCUT2D eigenvalue weighted by molar-refractivity contribution is 5.91. The summed E-state index contributed by atoms with van der Waals surface area (Å²) in [5.74, 6) is 2.15. The van der Waals surface area contributed by atoms with E-state index in [1.165, 1.54) is 5.57 Å². The number of nitrogens with one attached hydrogen (secondary N) is 1. The van der Waals surface area contributed by atoms with Crippen LogP contribution in [0.25, 0.3) is 10.9 Å².